The zero-order chi connectivity index (χ0) is 9.56. The molecule has 0 aromatic rings. The quantitative estimate of drug-likeness (QED) is 0.381. The number of aliphatic hydroxyl groups is 1. The minimum atomic E-state index is -0.0295. The first-order chi connectivity index (χ1) is 5.57. The van der Waals surface area contributed by atoms with Crippen LogP contribution in [0.25, 0.3) is 0 Å². The Bertz CT molecular complexity index is 231. The van der Waals surface area contributed by atoms with Gasteiger partial charge in [-0.05, 0) is 12.3 Å². The molecule has 0 aromatic heterocycles. The molecule has 0 bridgehead atoms. The van der Waals surface area contributed by atoms with Crippen molar-refractivity contribution in [3.05, 3.63) is 23.6 Å². The third-order valence-corrected chi connectivity index (χ3v) is 1.32. The van der Waals surface area contributed by atoms with Gasteiger partial charge >= 0.3 is 0 Å². The molecule has 0 radical (unpaired) electrons. The average Bonchev–Trinajstić information content (AvgIpc) is 2.00. The van der Waals surface area contributed by atoms with Crippen LogP contribution in [0.5, 0.6) is 0 Å². The lowest BCUT2D eigenvalue weighted by atomic mass is 10.1. The summed E-state index contributed by atoms with van der Waals surface area (Å²) in [6.45, 7) is 4.15. The van der Waals surface area contributed by atoms with E-state index in [0.29, 0.717) is 11.6 Å². The van der Waals surface area contributed by atoms with Crippen molar-refractivity contribution in [1.82, 2.24) is 0 Å². The summed E-state index contributed by atoms with van der Waals surface area (Å²) >= 11 is 0. The molecule has 0 fully saturated rings. The van der Waals surface area contributed by atoms with Crippen molar-refractivity contribution in [3.8, 4) is 12.3 Å². The lowest BCUT2D eigenvalue weighted by Gasteiger charge is -2.01. The van der Waals surface area contributed by atoms with Gasteiger partial charge in [0.05, 0.1) is 5.70 Å². The fourth-order valence-corrected chi connectivity index (χ4v) is 0.630. The Morgan fingerprint density at radius 1 is 1.67 bits per heavy atom. The van der Waals surface area contributed by atoms with Gasteiger partial charge in [0.25, 0.3) is 0 Å². The monoisotopic (exact) mass is 165 g/mol. The predicted octanol–water partition coefficient (Wildman–Crippen LogP) is 1.95. The topological polar surface area (TPSA) is 46.2 Å². The highest BCUT2D eigenvalue weighted by molar-refractivity contribution is 5.27. The molecule has 0 amide bonds. The third kappa shape index (κ3) is 4.45. The zero-order valence-electron chi connectivity index (χ0n) is 7.54. The second-order valence-electron chi connectivity index (χ2n) is 2.99. The van der Waals surface area contributed by atoms with E-state index in [-0.39, 0.29) is 5.76 Å². The number of nitrogens with two attached hydrogens (primary N) is 1. The van der Waals surface area contributed by atoms with Crippen LogP contribution in [0.2, 0.25) is 0 Å². The summed E-state index contributed by atoms with van der Waals surface area (Å²) in [6.07, 6.45) is 8.81. The smallest absolute Gasteiger partial charge is 0.146 e. The van der Waals surface area contributed by atoms with E-state index in [4.69, 9.17) is 17.3 Å². The van der Waals surface area contributed by atoms with Crippen LogP contribution < -0.4 is 5.73 Å². The Hall–Kier alpha value is -1.36. The van der Waals surface area contributed by atoms with Crippen LogP contribution in [0.4, 0.5) is 0 Å². The van der Waals surface area contributed by atoms with E-state index in [1.165, 1.54) is 6.08 Å². The van der Waals surface area contributed by atoms with Crippen LogP contribution in [-0.2, 0) is 0 Å². The highest BCUT2D eigenvalue weighted by atomic mass is 16.3. The molecule has 0 atom stereocenters. The van der Waals surface area contributed by atoms with Crippen LogP contribution in [0, 0.1) is 18.3 Å². The normalized spacial score (nSPS) is 13.2. The summed E-state index contributed by atoms with van der Waals surface area (Å²) in [4.78, 5) is 0. The third-order valence-electron chi connectivity index (χ3n) is 1.32. The van der Waals surface area contributed by atoms with E-state index in [9.17, 15) is 0 Å². The Morgan fingerprint density at radius 2 is 2.25 bits per heavy atom. The fourth-order valence-electron chi connectivity index (χ4n) is 0.630. The van der Waals surface area contributed by atoms with Crippen molar-refractivity contribution in [2.45, 2.75) is 20.3 Å². The molecule has 0 aliphatic carbocycles. The lowest BCUT2D eigenvalue weighted by Crippen LogP contribution is -2.01. The van der Waals surface area contributed by atoms with Gasteiger partial charge in [-0.1, -0.05) is 25.8 Å². The van der Waals surface area contributed by atoms with Gasteiger partial charge < -0.3 is 10.8 Å². The molecule has 12 heavy (non-hydrogen) atoms. The van der Waals surface area contributed by atoms with Gasteiger partial charge in [-0.25, -0.2) is 0 Å². The molecule has 0 heterocycles. The molecular weight excluding hydrogens is 150 g/mol. The Kier molecular flexibility index (Phi) is 4.71. The summed E-state index contributed by atoms with van der Waals surface area (Å²) in [7, 11) is 0. The molecule has 0 unspecified atom stereocenters. The molecule has 66 valence electrons. The van der Waals surface area contributed by atoms with Crippen LogP contribution in [0.1, 0.15) is 20.3 Å². The molecule has 3 N–H and O–H groups in total. The van der Waals surface area contributed by atoms with Crippen molar-refractivity contribution >= 4 is 0 Å². The summed E-state index contributed by atoms with van der Waals surface area (Å²) in [5.41, 5.74) is 5.85. The average molecular weight is 165 g/mol. The maximum Gasteiger partial charge on any atom is 0.146 e. The molecule has 0 rings (SSSR count). The first kappa shape index (κ1) is 10.6. The summed E-state index contributed by atoms with van der Waals surface area (Å²) in [5, 5.41) is 9.16. The van der Waals surface area contributed by atoms with Gasteiger partial charge in [-0.2, -0.15) is 0 Å². The van der Waals surface area contributed by atoms with Crippen molar-refractivity contribution < 1.29 is 5.11 Å². The van der Waals surface area contributed by atoms with Gasteiger partial charge in [-0.15, -0.1) is 6.42 Å². The Balaban J connectivity index is 4.20. The lowest BCUT2D eigenvalue weighted by molar-refractivity contribution is 0.421. The Labute approximate surface area is 73.8 Å². The standard InChI is InChI=1S/C10H15NO/c1-4-5-10(12)9(11)7-6-8(2)3/h1,5,7-8,12H,6,11H2,2-3H3/b9-7+,10-5+. The molecular formula is C10H15NO. The summed E-state index contributed by atoms with van der Waals surface area (Å²) < 4.78 is 0. The number of hydrogen-bond acceptors (Lipinski definition) is 2. The number of hydrogen-bond donors (Lipinski definition) is 2. The summed E-state index contributed by atoms with van der Waals surface area (Å²) in [6, 6.07) is 0. The molecule has 0 aliphatic heterocycles. The van der Waals surface area contributed by atoms with Gasteiger partial charge in [0.15, 0.2) is 0 Å². The van der Waals surface area contributed by atoms with Crippen LogP contribution >= 0.6 is 0 Å². The SMILES string of the molecule is C#C/C=C(O)\C(N)=C/CC(C)C. The number of rotatable bonds is 3. The summed E-state index contributed by atoms with van der Waals surface area (Å²) in [5.74, 6) is 2.70. The number of aliphatic hydroxyl groups excluding tert-OH is 1. The first-order valence-electron chi connectivity index (χ1n) is 3.89. The number of terminal acetylenes is 1. The largest absolute Gasteiger partial charge is 0.505 e. The van der Waals surface area contributed by atoms with Crippen molar-refractivity contribution in [1.29, 1.82) is 0 Å². The second kappa shape index (κ2) is 5.31. The number of allylic oxidation sites excluding steroid dienone is 2. The second-order valence-corrected chi connectivity index (χ2v) is 2.99. The molecule has 0 spiro atoms. The Morgan fingerprint density at radius 3 is 2.67 bits per heavy atom. The van der Waals surface area contributed by atoms with E-state index >= 15 is 0 Å². The van der Waals surface area contributed by atoms with E-state index in [1.54, 1.807) is 6.08 Å². The van der Waals surface area contributed by atoms with Crippen molar-refractivity contribution in [2.24, 2.45) is 11.7 Å². The molecule has 0 saturated heterocycles. The van der Waals surface area contributed by atoms with Crippen molar-refractivity contribution in [3.63, 3.8) is 0 Å². The first-order valence-corrected chi connectivity index (χ1v) is 3.89. The van der Waals surface area contributed by atoms with Crippen LogP contribution in [-0.4, -0.2) is 5.11 Å². The molecule has 2 heteroatoms. The van der Waals surface area contributed by atoms with Crippen molar-refractivity contribution in [2.75, 3.05) is 0 Å². The van der Waals surface area contributed by atoms with Crippen LogP contribution in [0.15, 0.2) is 23.6 Å². The highest BCUT2D eigenvalue weighted by Gasteiger charge is 1.96. The van der Waals surface area contributed by atoms with Gasteiger partial charge in [-0.3, -0.25) is 0 Å². The van der Waals surface area contributed by atoms with Crippen LogP contribution in [0.3, 0.4) is 0 Å². The maximum absolute atomic E-state index is 9.16. The van der Waals surface area contributed by atoms with E-state index in [0.717, 1.165) is 6.42 Å². The van der Waals surface area contributed by atoms with Gasteiger partial charge in [0.2, 0.25) is 0 Å². The minimum Gasteiger partial charge on any atom is -0.505 e. The molecule has 0 saturated carbocycles. The van der Waals surface area contributed by atoms with E-state index in [1.807, 2.05) is 0 Å². The maximum atomic E-state index is 9.16. The highest BCUT2D eigenvalue weighted by Crippen LogP contribution is 2.05. The van der Waals surface area contributed by atoms with E-state index in [2.05, 4.69) is 19.8 Å². The molecule has 2 nitrogen and oxygen atoms in total. The van der Waals surface area contributed by atoms with E-state index < -0.39 is 0 Å². The minimum absolute atomic E-state index is 0.0295. The van der Waals surface area contributed by atoms with Gasteiger partial charge in [0.1, 0.15) is 5.76 Å². The predicted molar refractivity (Wildman–Crippen MR) is 51.3 cm³/mol. The van der Waals surface area contributed by atoms with Gasteiger partial charge in [0, 0.05) is 6.08 Å². The zero-order valence-corrected chi connectivity index (χ0v) is 7.54. The molecule has 0 aromatic carbocycles. The fraction of sp³-hybridized carbons (Fsp3) is 0.400. The molecule has 0 aliphatic rings.